The van der Waals surface area contributed by atoms with Gasteiger partial charge in [0, 0.05) is 7.05 Å². The number of aromatic nitrogens is 2. The monoisotopic (exact) mass is 276 g/mol. The van der Waals surface area contributed by atoms with Crippen LogP contribution in [0.4, 0.5) is 5.69 Å². The van der Waals surface area contributed by atoms with Crippen molar-refractivity contribution in [2.45, 2.75) is 33.2 Å². The summed E-state index contributed by atoms with van der Waals surface area (Å²) in [5.41, 5.74) is 7.53. The molecule has 0 aliphatic carbocycles. The number of nitrogens with zero attached hydrogens (tertiary/aromatic N) is 2. The van der Waals surface area contributed by atoms with Crippen LogP contribution >= 0.6 is 0 Å². The first-order valence-corrected chi connectivity index (χ1v) is 6.62. The molecule has 0 aliphatic rings. The van der Waals surface area contributed by atoms with Crippen molar-refractivity contribution in [2.75, 3.05) is 5.73 Å². The lowest BCUT2D eigenvalue weighted by Crippen LogP contribution is -2.28. The van der Waals surface area contributed by atoms with Crippen LogP contribution in [0.15, 0.2) is 16.5 Å². The largest absolute Gasteiger partial charge is 0.464 e. The standard InChI is InChI=1S/C14H20N4O2/c1-5-10-12(15)13(18(4)17-10)14(19)16-9(3)11-7-6-8(2)20-11/h6-7,9H,5,15H2,1-4H3,(H,16,19). The highest BCUT2D eigenvalue weighted by Gasteiger charge is 2.21. The molecule has 1 atom stereocenters. The van der Waals surface area contributed by atoms with E-state index in [0.29, 0.717) is 23.6 Å². The highest BCUT2D eigenvalue weighted by atomic mass is 16.3. The summed E-state index contributed by atoms with van der Waals surface area (Å²) < 4.78 is 7.02. The predicted octanol–water partition coefficient (Wildman–Crippen LogP) is 1.96. The number of aryl methyl sites for hydroxylation is 3. The van der Waals surface area contributed by atoms with Crippen LogP contribution < -0.4 is 11.1 Å². The minimum atomic E-state index is -0.251. The van der Waals surface area contributed by atoms with E-state index in [1.165, 1.54) is 4.68 Å². The van der Waals surface area contributed by atoms with E-state index in [1.807, 2.05) is 32.9 Å². The van der Waals surface area contributed by atoms with Gasteiger partial charge < -0.3 is 15.5 Å². The molecule has 2 aromatic rings. The number of hydrogen-bond acceptors (Lipinski definition) is 4. The second kappa shape index (κ2) is 5.40. The molecule has 0 aliphatic heterocycles. The fourth-order valence-corrected chi connectivity index (χ4v) is 2.15. The zero-order valence-electron chi connectivity index (χ0n) is 12.2. The Morgan fingerprint density at radius 2 is 2.25 bits per heavy atom. The number of furan rings is 1. The molecule has 2 rings (SSSR count). The number of hydrogen-bond donors (Lipinski definition) is 2. The summed E-state index contributed by atoms with van der Waals surface area (Å²) in [6.07, 6.45) is 0.694. The number of nitrogens with one attached hydrogen (secondary N) is 1. The maximum atomic E-state index is 12.3. The highest BCUT2D eigenvalue weighted by Crippen LogP contribution is 2.20. The van der Waals surface area contributed by atoms with Crippen LogP contribution in [-0.4, -0.2) is 15.7 Å². The number of carbonyl (C=O) groups is 1. The van der Waals surface area contributed by atoms with Crippen LogP contribution in [0, 0.1) is 6.92 Å². The molecule has 0 bridgehead atoms. The molecule has 2 heterocycles. The molecule has 0 saturated heterocycles. The van der Waals surface area contributed by atoms with Gasteiger partial charge in [-0.25, -0.2) is 0 Å². The molecule has 0 spiro atoms. The Kier molecular flexibility index (Phi) is 3.83. The molecule has 20 heavy (non-hydrogen) atoms. The van der Waals surface area contributed by atoms with E-state index in [1.54, 1.807) is 7.05 Å². The van der Waals surface area contributed by atoms with Gasteiger partial charge in [0.1, 0.15) is 17.2 Å². The smallest absolute Gasteiger partial charge is 0.272 e. The third kappa shape index (κ3) is 2.54. The number of rotatable bonds is 4. The number of nitrogen functional groups attached to an aromatic ring is 1. The van der Waals surface area contributed by atoms with Gasteiger partial charge in [-0.3, -0.25) is 9.48 Å². The third-order valence-electron chi connectivity index (χ3n) is 3.25. The van der Waals surface area contributed by atoms with Gasteiger partial charge in [-0.1, -0.05) is 6.92 Å². The first-order chi connectivity index (χ1) is 9.43. The number of anilines is 1. The SMILES string of the molecule is CCc1nn(C)c(C(=O)NC(C)c2ccc(C)o2)c1N. The van der Waals surface area contributed by atoms with E-state index in [9.17, 15) is 4.79 Å². The number of carbonyl (C=O) groups excluding carboxylic acids is 1. The molecule has 0 aromatic carbocycles. The van der Waals surface area contributed by atoms with Gasteiger partial charge in [0.2, 0.25) is 0 Å². The van der Waals surface area contributed by atoms with Crippen molar-refractivity contribution in [1.82, 2.24) is 15.1 Å². The maximum Gasteiger partial charge on any atom is 0.272 e. The topological polar surface area (TPSA) is 86.1 Å². The average Bonchev–Trinajstić information content (AvgIpc) is 2.93. The molecule has 1 amide bonds. The van der Waals surface area contributed by atoms with Crippen molar-refractivity contribution in [1.29, 1.82) is 0 Å². The van der Waals surface area contributed by atoms with Crippen LogP contribution in [-0.2, 0) is 13.5 Å². The van der Waals surface area contributed by atoms with Crippen molar-refractivity contribution >= 4 is 11.6 Å². The van der Waals surface area contributed by atoms with Gasteiger partial charge >= 0.3 is 0 Å². The molecular weight excluding hydrogens is 256 g/mol. The molecule has 6 nitrogen and oxygen atoms in total. The van der Waals surface area contributed by atoms with Crippen LogP contribution in [0.3, 0.4) is 0 Å². The van der Waals surface area contributed by atoms with Gasteiger partial charge in [0.15, 0.2) is 0 Å². The molecular formula is C14H20N4O2. The van der Waals surface area contributed by atoms with Crippen LogP contribution in [0.1, 0.15) is 47.6 Å². The Labute approximate surface area is 117 Å². The molecule has 108 valence electrons. The van der Waals surface area contributed by atoms with Gasteiger partial charge in [-0.15, -0.1) is 0 Å². The fraction of sp³-hybridized carbons (Fsp3) is 0.429. The lowest BCUT2D eigenvalue weighted by atomic mass is 10.2. The second-order valence-electron chi connectivity index (χ2n) is 4.83. The number of nitrogens with two attached hydrogens (primary N) is 1. The number of amides is 1. The maximum absolute atomic E-state index is 12.3. The molecule has 0 radical (unpaired) electrons. The zero-order chi connectivity index (χ0) is 14.9. The Morgan fingerprint density at radius 3 is 2.75 bits per heavy atom. The quantitative estimate of drug-likeness (QED) is 0.893. The van der Waals surface area contributed by atoms with Crippen molar-refractivity contribution in [2.24, 2.45) is 7.05 Å². The van der Waals surface area contributed by atoms with Crippen LogP contribution in [0.2, 0.25) is 0 Å². The summed E-state index contributed by atoms with van der Waals surface area (Å²) >= 11 is 0. The Morgan fingerprint density at radius 1 is 1.55 bits per heavy atom. The molecule has 1 unspecified atom stereocenters. The van der Waals surface area contributed by atoms with E-state index in [4.69, 9.17) is 10.2 Å². The van der Waals surface area contributed by atoms with Crippen molar-refractivity contribution in [3.05, 3.63) is 35.0 Å². The summed E-state index contributed by atoms with van der Waals surface area (Å²) in [4.78, 5) is 12.3. The predicted molar refractivity (Wildman–Crippen MR) is 76.3 cm³/mol. The molecule has 6 heteroatoms. The average molecular weight is 276 g/mol. The molecule has 2 aromatic heterocycles. The van der Waals surface area contributed by atoms with Gasteiger partial charge in [-0.2, -0.15) is 5.10 Å². The van der Waals surface area contributed by atoms with Crippen molar-refractivity contribution < 1.29 is 9.21 Å². The minimum Gasteiger partial charge on any atom is -0.464 e. The third-order valence-corrected chi connectivity index (χ3v) is 3.25. The van der Waals surface area contributed by atoms with Gasteiger partial charge in [0.05, 0.1) is 17.4 Å². The van der Waals surface area contributed by atoms with E-state index in [0.717, 1.165) is 11.5 Å². The van der Waals surface area contributed by atoms with Crippen molar-refractivity contribution in [3.63, 3.8) is 0 Å². The Hall–Kier alpha value is -2.24. The van der Waals surface area contributed by atoms with Gasteiger partial charge in [0.25, 0.3) is 5.91 Å². The highest BCUT2D eigenvalue weighted by molar-refractivity contribution is 5.98. The first-order valence-electron chi connectivity index (χ1n) is 6.62. The van der Waals surface area contributed by atoms with Gasteiger partial charge in [-0.05, 0) is 32.4 Å². The Balaban J connectivity index is 2.18. The fourth-order valence-electron chi connectivity index (χ4n) is 2.15. The summed E-state index contributed by atoms with van der Waals surface area (Å²) in [6.45, 7) is 5.68. The summed E-state index contributed by atoms with van der Waals surface area (Å²) in [6, 6.07) is 3.49. The lowest BCUT2D eigenvalue weighted by Gasteiger charge is -2.12. The summed E-state index contributed by atoms with van der Waals surface area (Å²) in [7, 11) is 1.71. The van der Waals surface area contributed by atoms with Crippen molar-refractivity contribution in [3.8, 4) is 0 Å². The minimum absolute atomic E-state index is 0.226. The van der Waals surface area contributed by atoms with E-state index in [-0.39, 0.29) is 11.9 Å². The van der Waals surface area contributed by atoms with E-state index < -0.39 is 0 Å². The lowest BCUT2D eigenvalue weighted by molar-refractivity contribution is 0.0926. The molecule has 3 N–H and O–H groups in total. The Bertz CT molecular complexity index is 627. The first kappa shape index (κ1) is 14.2. The van der Waals surface area contributed by atoms with E-state index >= 15 is 0 Å². The van der Waals surface area contributed by atoms with Crippen LogP contribution in [0.25, 0.3) is 0 Å². The zero-order valence-corrected chi connectivity index (χ0v) is 12.2. The summed E-state index contributed by atoms with van der Waals surface area (Å²) in [5, 5.41) is 7.11. The summed E-state index contributed by atoms with van der Waals surface area (Å²) in [5.74, 6) is 1.28. The normalized spacial score (nSPS) is 12.4. The van der Waals surface area contributed by atoms with E-state index in [2.05, 4.69) is 10.4 Å². The molecule has 0 fully saturated rings. The molecule has 0 saturated carbocycles. The second-order valence-corrected chi connectivity index (χ2v) is 4.83. The van der Waals surface area contributed by atoms with Crippen LogP contribution in [0.5, 0.6) is 0 Å².